The van der Waals surface area contributed by atoms with Gasteiger partial charge in [0.15, 0.2) is 0 Å². The summed E-state index contributed by atoms with van der Waals surface area (Å²) < 4.78 is 0. The number of benzene rings is 1. The van der Waals surface area contributed by atoms with Crippen molar-refractivity contribution in [2.24, 2.45) is 5.73 Å². The number of carbonyl (C=O) groups is 1. The van der Waals surface area contributed by atoms with Gasteiger partial charge >= 0.3 is 0 Å². The summed E-state index contributed by atoms with van der Waals surface area (Å²) in [7, 11) is 0. The fraction of sp³-hybridized carbons (Fsp3) is 0.588. The zero-order valence-electron chi connectivity index (χ0n) is 13.4. The lowest BCUT2D eigenvalue weighted by atomic mass is 9.75. The minimum Gasteiger partial charge on any atom is -0.369 e. The van der Waals surface area contributed by atoms with Crippen molar-refractivity contribution < 1.29 is 4.79 Å². The highest BCUT2D eigenvalue weighted by atomic mass is 16.1. The monoisotopic (exact) mass is 289 g/mol. The number of carbonyl (C=O) groups excluding carboxylic acids is 1. The lowest BCUT2D eigenvalue weighted by Gasteiger charge is -2.37. The molecule has 116 valence electrons. The molecule has 1 aliphatic carbocycles. The molecule has 21 heavy (non-hydrogen) atoms. The van der Waals surface area contributed by atoms with Crippen LogP contribution in [0.1, 0.15) is 46.5 Å². The highest BCUT2D eigenvalue weighted by molar-refractivity contribution is 5.91. The number of rotatable bonds is 6. The molecule has 0 radical (unpaired) electrons. The molecule has 4 nitrogen and oxygen atoms in total. The average molecular weight is 289 g/mol. The second-order valence-electron chi connectivity index (χ2n) is 6.37. The standard InChI is InChI=1S/C17H27N3O/c1-4-20(13(2)3)15-8-6-14(7-9-15)19-16(21)12-17(18)10-5-11-17/h6-9,13H,4-5,10-12,18H2,1-3H3,(H,19,21). The summed E-state index contributed by atoms with van der Waals surface area (Å²) in [6.07, 6.45) is 3.47. The van der Waals surface area contributed by atoms with Crippen molar-refractivity contribution in [1.29, 1.82) is 0 Å². The number of nitrogens with zero attached hydrogens (tertiary/aromatic N) is 1. The summed E-state index contributed by atoms with van der Waals surface area (Å²) in [5, 5.41) is 2.94. The van der Waals surface area contributed by atoms with Crippen LogP contribution in [-0.4, -0.2) is 24.0 Å². The van der Waals surface area contributed by atoms with Gasteiger partial charge < -0.3 is 16.0 Å². The minimum atomic E-state index is -0.263. The van der Waals surface area contributed by atoms with Crippen LogP contribution in [0.25, 0.3) is 0 Å². The Morgan fingerprint density at radius 2 is 1.95 bits per heavy atom. The van der Waals surface area contributed by atoms with Crippen LogP contribution < -0.4 is 16.0 Å². The van der Waals surface area contributed by atoms with Crippen LogP contribution in [-0.2, 0) is 4.79 Å². The van der Waals surface area contributed by atoms with E-state index in [2.05, 4.69) is 43.1 Å². The van der Waals surface area contributed by atoms with Gasteiger partial charge in [-0.25, -0.2) is 0 Å². The fourth-order valence-electron chi connectivity index (χ4n) is 2.91. The van der Waals surface area contributed by atoms with E-state index in [9.17, 15) is 4.79 Å². The Morgan fingerprint density at radius 3 is 2.38 bits per heavy atom. The molecule has 1 saturated carbocycles. The number of nitrogens with two attached hydrogens (primary N) is 1. The minimum absolute atomic E-state index is 0.0150. The Hall–Kier alpha value is -1.55. The van der Waals surface area contributed by atoms with E-state index in [0.717, 1.165) is 31.5 Å². The maximum Gasteiger partial charge on any atom is 0.226 e. The molecule has 0 bridgehead atoms. The number of anilines is 2. The molecule has 0 unspecified atom stereocenters. The topological polar surface area (TPSA) is 58.4 Å². The SMILES string of the molecule is CCN(c1ccc(NC(=O)CC2(N)CCC2)cc1)C(C)C. The Kier molecular flexibility index (Phi) is 4.88. The van der Waals surface area contributed by atoms with Crippen LogP contribution in [0, 0.1) is 0 Å². The molecule has 1 aromatic rings. The van der Waals surface area contributed by atoms with E-state index in [4.69, 9.17) is 5.73 Å². The van der Waals surface area contributed by atoms with Crippen molar-refractivity contribution >= 4 is 17.3 Å². The number of hydrogen-bond donors (Lipinski definition) is 2. The molecule has 0 aliphatic heterocycles. The van der Waals surface area contributed by atoms with Crippen molar-refractivity contribution in [3.63, 3.8) is 0 Å². The van der Waals surface area contributed by atoms with Crippen LogP contribution >= 0.6 is 0 Å². The van der Waals surface area contributed by atoms with E-state index in [1.54, 1.807) is 0 Å². The van der Waals surface area contributed by atoms with Crippen molar-refractivity contribution in [2.45, 2.75) is 58.0 Å². The van der Waals surface area contributed by atoms with Gasteiger partial charge in [0.25, 0.3) is 0 Å². The summed E-state index contributed by atoms with van der Waals surface area (Å²) in [4.78, 5) is 14.3. The fourth-order valence-corrected chi connectivity index (χ4v) is 2.91. The first-order valence-corrected chi connectivity index (χ1v) is 7.89. The number of nitrogens with one attached hydrogen (secondary N) is 1. The summed E-state index contributed by atoms with van der Waals surface area (Å²) in [5.41, 5.74) is 7.86. The molecule has 0 atom stereocenters. The molecule has 1 aromatic carbocycles. The molecule has 3 N–H and O–H groups in total. The second-order valence-corrected chi connectivity index (χ2v) is 6.37. The Labute approximate surface area is 127 Å². The van der Waals surface area contributed by atoms with Crippen LogP contribution in [0.2, 0.25) is 0 Å². The first-order valence-electron chi connectivity index (χ1n) is 7.89. The predicted molar refractivity (Wildman–Crippen MR) is 88.6 cm³/mol. The Balaban J connectivity index is 1.94. The molecule has 1 fully saturated rings. The lowest BCUT2D eigenvalue weighted by molar-refractivity contribution is -0.118. The average Bonchev–Trinajstić information content (AvgIpc) is 2.39. The van der Waals surface area contributed by atoms with Gasteiger partial charge in [-0.05, 0) is 64.3 Å². The van der Waals surface area contributed by atoms with E-state index in [0.29, 0.717) is 12.5 Å². The number of amides is 1. The zero-order chi connectivity index (χ0) is 15.5. The molecule has 0 saturated heterocycles. The summed E-state index contributed by atoms with van der Waals surface area (Å²) >= 11 is 0. The molecular formula is C17H27N3O. The van der Waals surface area contributed by atoms with Crippen LogP contribution in [0.4, 0.5) is 11.4 Å². The van der Waals surface area contributed by atoms with Gasteiger partial charge in [0.2, 0.25) is 5.91 Å². The first kappa shape index (κ1) is 15.8. The first-order chi connectivity index (χ1) is 9.93. The second kappa shape index (κ2) is 6.48. The maximum absolute atomic E-state index is 12.0. The van der Waals surface area contributed by atoms with Crippen LogP contribution in [0.15, 0.2) is 24.3 Å². The van der Waals surface area contributed by atoms with Gasteiger partial charge in [-0.3, -0.25) is 4.79 Å². The molecule has 0 spiro atoms. The normalized spacial score (nSPS) is 16.4. The van der Waals surface area contributed by atoms with Gasteiger partial charge in [-0.2, -0.15) is 0 Å². The number of hydrogen-bond acceptors (Lipinski definition) is 3. The van der Waals surface area contributed by atoms with Crippen molar-refractivity contribution in [2.75, 3.05) is 16.8 Å². The third-order valence-electron chi connectivity index (χ3n) is 4.31. The molecule has 0 aromatic heterocycles. The van der Waals surface area contributed by atoms with Gasteiger partial charge in [0.05, 0.1) is 0 Å². The molecule has 1 amide bonds. The predicted octanol–water partition coefficient (Wildman–Crippen LogP) is 3.13. The highest BCUT2D eigenvalue weighted by Crippen LogP contribution is 2.32. The quantitative estimate of drug-likeness (QED) is 0.846. The van der Waals surface area contributed by atoms with Crippen LogP contribution in [0.5, 0.6) is 0 Å². The largest absolute Gasteiger partial charge is 0.369 e. The third-order valence-corrected chi connectivity index (χ3v) is 4.31. The van der Waals surface area contributed by atoms with E-state index in [-0.39, 0.29) is 11.4 Å². The summed E-state index contributed by atoms with van der Waals surface area (Å²) in [6.45, 7) is 7.48. The molecule has 0 heterocycles. The lowest BCUT2D eigenvalue weighted by Crippen LogP contribution is -2.48. The molecule has 1 aliphatic rings. The Bertz CT molecular complexity index is 477. The highest BCUT2D eigenvalue weighted by Gasteiger charge is 2.34. The molecular weight excluding hydrogens is 262 g/mol. The zero-order valence-corrected chi connectivity index (χ0v) is 13.4. The van der Waals surface area contributed by atoms with E-state index >= 15 is 0 Å². The summed E-state index contributed by atoms with van der Waals surface area (Å²) in [6, 6.07) is 8.50. The molecule has 4 heteroatoms. The van der Waals surface area contributed by atoms with E-state index < -0.39 is 0 Å². The Morgan fingerprint density at radius 1 is 1.33 bits per heavy atom. The van der Waals surface area contributed by atoms with Crippen LogP contribution in [0.3, 0.4) is 0 Å². The van der Waals surface area contributed by atoms with Crippen molar-refractivity contribution in [1.82, 2.24) is 0 Å². The summed E-state index contributed by atoms with van der Waals surface area (Å²) in [5.74, 6) is 0.0150. The molecule has 2 rings (SSSR count). The van der Waals surface area contributed by atoms with E-state index in [1.807, 2.05) is 12.1 Å². The van der Waals surface area contributed by atoms with Gasteiger partial charge in [0, 0.05) is 35.9 Å². The third kappa shape index (κ3) is 3.97. The maximum atomic E-state index is 12.0. The van der Waals surface area contributed by atoms with Gasteiger partial charge in [-0.15, -0.1) is 0 Å². The van der Waals surface area contributed by atoms with Crippen molar-refractivity contribution in [3.8, 4) is 0 Å². The van der Waals surface area contributed by atoms with Gasteiger partial charge in [-0.1, -0.05) is 0 Å². The van der Waals surface area contributed by atoms with E-state index in [1.165, 1.54) is 5.69 Å². The smallest absolute Gasteiger partial charge is 0.226 e. The van der Waals surface area contributed by atoms with Crippen molar-refractivity contribution in [3.05, 3.63) is 24.3 Å². The van der Waals surface area contributed by atoms with Gasteiger partial charge in [0.1, 0.15) is 0 Å².